The predicted octanol–water partition coefficient (Wildman–Crippen LogP) is 0.0893. The van der Waals surface area contributed by atoms with Gasteiger partial charge in [-0.1, -0.05) is 0 Å². The highest BCUT2D eigenvalue weighted by atomic mass is 32.2. The van der Waals surface area contributed by atoms with Crippen LogP contribution in [-0.2, 0) is 10.1 Å². The number of carbonyl (C=O) groups excluding carboxylic acids is 1. The molecule has 0 aliphatic heterocycles. The van der Waals surface area contributed by atoms with E-state index in [0.29, 0.717) is 5.56 Å². The second-order valence-electron chi connectivity index (χ2n) is 3.14. The molecule has 0 saturated carbocycles. The summed E-state index contributed by atoms with van der Waals surface area (Å²) in [5.41, 5.74) is 0.411. The van der Waals surface area contributed by atoms with E-state index >= 15 is 0 Å². The lowest BCUT2D eigenvalue weighted by atomic mass is 10.2. The first-order valence-electron chi connectivity index (χ1n) is 4.62. The van der Waals surface area contributed by atoms with E-state index < -0.39 is 10.1 Å². The Morgan fingerprint density at radius 3 is 2.81 bits per heavy atom. The van der Waals surface area contributed by atoms with Gasteiger partial charge in [0.25, 0.3) is 16.0 Å². The molecule has 0 atom stereocenters. The number of nitrogens with zero attached hydrogens (tertiary/aromatic N) is 1. The quantitative estimate of drug-likeness (QED) is 0.565. The first kappa shape index (κ1) is 12.6. The van der Waals surface area contributed by atoms with Crippen LogP contribution in [0.2, 0.25) is 0 Å². The van der Waals surface area contributed by atoms with Crippen molar-refractivity contribution in [2.45, 2.75) is 6.42 Å². The van der Waals surface area contributed by atoms with Gasteiger partial charge in [-0.15, -0.1) is 0 Å². The van der Waals surface area contributed by atoms with Crippen LogP contribution in [-0.4, -0.2) is 36.2 Å². The van der Waals surface area contributed by atoms with E-state index in [1.807, 2.05) is 0 Å². The normalized spacial score (nSPS) is 11.1. The Balaban J connectivity index is 2.32. The molecule has 1 aromatic rings. The summed E-state index contributed by atoms with van der Waals surface area (Å²) < 4.78 is 29.2. The largest absolute Gasteiger partial charge is 0.352 e. The van der Waals surface area contributed by atoms with E-state index in [0.717, 1.165) is 0 Å². The van der Waals surface area contributed by atoms with Gasteiger partial charge in [-0.3, -0.25) is 14.3 Å². The Morgan fingerprint density at radius 1 is 1.50 bits per heavy atom. The topological polar surface area (TPSA) is 96.4 Å². The highest BCUT2D eigenvalue weighted by Crippen LogP contribution is 1.95. The first-order chi connectivity index (χ1) is 7.49. The summed E-state index contributed by atoms with van der Waals surface area (Å²) in [6.07, 6.45) is 3.14. The fourth-order valence-corrected chi connectivity index (χ4v) is 1.56. The van der Waals surface area contributed by atoms with Crippen LogP contribution in [0.15, 0.2) is 24.5 Å². The summed E-state index contributed by atoms with van der Waals surface area (Å²) in [7, 11) is -3.95. The number of carbonyl (C=O) groups is 1. The highest BCUT2D eigenvalue weighted by molar-refractivity contribution is 7.85. The van der Waals surface area contributed by atoms with Crippen LogP contribution in [0, 0.1) is 0 Å². The van der Waals surface area contributed by atoms with E-state index in [2.05, 4.69) is 10.3 Å². The highest BCUT2D eigenvalue weighted by Gasteiger charge is 2.06. The summed E-state index contributed by atoms with van der Waals surface area (Å²) in [6, 6.07) is 3.23. The molecule has 1 amide bonds. The van der Waals surface area contributed by atoms with Crippen LogP contribution in [0.4, 0.5) is 0 Å². The number of amides is 1. The molecule has 0 fully saturated rings. The Morgan fingerprint density at radius 2 is 2.25 bits per heavy atom. The Bertz CT molecular complexity index is 444. The summed E-state index contributed by atoms with van der Waals surface area (Å²) in [4.78, 5) is 15.2. The minimum atomic E-state index is -3.95. The third kappa shape index (κ3) is 4.85. The number of hydrogen-bond donors (Lipinski definition) is 2. The van der Waals surface area contributed by atoms with Gasteiger partial charge in [-0.25, -0.2) is 0 Å². The van der Waals surface area contributed by atoms with Gasteiger partial charge < -0.3 is 5.32 Å². The molecular formula is C9H12N2O4S. The zero-order chi connectivity index (χ0) is 12.0. The predicted molar refractivity (Wildman–Crippen MR) is 57.6 cm³/mol. The molecule has 1 rings (SSSR count). The maximum atomic E-state index is 11.4. The zero-order valence-corrected chi connectivity index (χ0v) is 9.27. The summed E-state index contributed by atoms with van der Waals surface area (Å²) >= 11 is 0. The molecule has 2 N–H and O–H groups in total. The Hall–Kier alpha value is -1.47. The van der Waals surface area contributed by atoms with Crippen molar-refractivity contribution in [3.63, 3.8) is 0 Å². The Labute approximate surface area is 93.5 Å². The average Bonchev–Trinajstić information content (AvgIpc) is 2.24. The summed E-state index contributed by atoms with van der Waals surface area (Å²) in [5.74, 6) is -0.677. The number of hydrogen-bond acceptors (Lipinski definition) is 4. The maximum Gasteiger partial charge on any atom is 0.264 e. The molecule has 6 nitrogen and oxygen atoms in total. The van der Waals surface area contributed by atoms with E-state index in [-0.39, 0.29) is 24.6 Å². The SMILES string of the molecule is O=C(NCCCS(=O)(=O)O)c1cccnc1. The van der Waals surface area contributed by atoms with Gasteiger partial charge in [-0.2, -0.15) is 8.42 Å². The lowest BCUT2D eigenvalue weighted by molar-refractivity contribution is 0.0953. The van der Waals surface area contributed by atoms with Crippen molar-refractivity contribution in [3.8, 4) is 0 Å². The van der Waals surface area contributed by atoms with Crippen LogP contribution >= 0.6 is 0 Å². The molecule has 0 bridgehead atoms. The van der Waals surface area contributed by atoms with Crippen molar-refractivity contribution in [2.75, 3.05) is 12.3 Å². The van der Waals surface area contributed by atoms with E-state index in [4.69, 9.17) is 4.55 Å². The molecule has 1 aromatic heterocycles. The van der Waals surface area contributed by atoms with Crippen molar-refractivity contribution < 1.29 is 17.8 Å². The molecule has 0 unspecified atom stereocenters. The van der Waals surface area contributed by atoms with Gasteiger partial charge >= 0.3 is 0 Å². The second kappa shape index (κ2) is 5.57. The molecule has 1 heterocycles. The maximum absolute atomic E-state index is 11.4. The zero-order valence-electron chi connectivity index (χ0n) is 8.46. The molecule has 0 aliphatic carbocycles. The van der Waals surface area contributed by atoms with Crippen molar-refractivity contribution in [3.05, 3.63) is 30.1 Å². The third-order valence-electron chi connectivity index (χ3n) is 1.79. The van der Waals surface area contributed by atoms with Crippen LogP contribution in [0.1, 0.15) is 16.8 Å². The fourth-order valence-electron chi connectivity index (χ4n) is 1.06. The van der Waals surface area contributed by atoms with Gasteiger partial charge in [0.1, 0.15) is 0 Å². The minimum absolute atomic E-state index is 0.171. The number of pyridine rings is 1. The smallest absolute Gasteiger partial charge is 0.264 e. The second-order valence-corrected chi connectivity index (χ2v) is 4.71. The van der Waals surface area contributed by atoms with E-state index in [1.54, 1.807) is 18.3 Å². The standard InChI is InChI=1S/C9H12N2O4S/c12-9(8-3-1-4-10-7-8)11-5-2-6-16(13,14)15/h1,3-4,7H,2,5-6H2,(H,11,12)(H,13,14,15). The Kier molecular flexibility index (Phi) is 4.39. The van der Waals surface area contributed by atoms with Crippen molar-refractivity contribution in [1.29, 1.82) is 0 Å². The van der Waals surface area contributed by atoms with Gasteiger partial charge in [0, 0.05) is 18.9 Å². The molecule has 0 radical (unpaired) electrons. The monoisotopic (exact) mass is 244 g/mol. The third-order valence-corrected chi connectivity index (χ3v) is 2.59. The van der Waals surface area contributed by atoms with E-state index in [9.17, 15) is 13.2 Å². The van der Waals surface area contributed by atoms with Gasteiger partial charge in [0.05, 0.1) is 11.3 Å². The molecule has 88 valence electrons. The molecule has 7 heteroatoms. The molecule has 0 aromatic carbocycles. The molecule has 0 spiro atoms. The number of rotatable bonds is 5. The minimum Gasteiger partial charge on any atom is -0.352 e. The first-order valence-corrected chi connectivity index (χ1v) is 6.23. The van der Waals surface area contributed by atoms with Gasteiger partial charge in [-0.05, 0) is 18.6 Å². The number of nitrogens with one attached hydrogen (secondary N) is 1. The van der Waals surface area contributed by atoms with E-state index in [1.165, 1.54) is 6.20 Å². The van der Waals surface area contributed by atoms with Crippen molar-refractivity contribution >= 4 is 16.0 Å². The summed E-state index contributed by atoms with van der Waals surface area (Å²) in [6.45, 7) is 0.188. The van der Waals surface area contributed by atoms with Crippen molar-refractivity contribution in [2.24, 2.45) is 0 Å². The van der Waals surface area contributed by atoms with Gasteiger partial charge in [0.15, 0.2) is 0 Å². The molecule has 0 saturated heterocycles. The lowest BCUT2D eigenvalue weighted by Gasteiger charge is -2.03. The van der Waals surface area contributed by atoms with Crippen LogP contribution < -0.4 is 5.32 Å². The van der Waals surface area contributed by atoms with Crippen molar-refractivity contribution in [1.82, 2.24) is 10.3 Å². The average molecular weight is 244 g/mol. The lowest BCUT2D eigenvalue weighted by Crippen LogP contribution is -2.25. The molecule has 16 heavy (non-hydrogen) atoms. The summed E-state index contributed by atoms with van der Waals surface area (Å²) in [5, 5.41) is 2.52. The van der Waals surface area contributed by atoms with Crippen LogP contribution in [0.5, 0.6) is 0 Å². The van der Waals surface area contributed by atoms with Crippen LogP contribution in [0.3, 0.4) is 0 Å². The van der Waals surface area contributed by atoms with Gasteiger partial charge in [0.2, 0.25) is 0 Å². The fraction of sp³-hybridized carbons (Fsp3) is 0.333. The number of aromatic nitrogens is 1. The molecular weight excluding hydrogens is 232 g/mol. The molecule has 0 aliphatic rings. The van der Waals surface area contributed by atoms with Crippen LogP contribution in [0.25, 0.3) is 0 Å².